The molecule has 0 rings (SSSR count). The fourth-order valence-corrected chi connectivity index (χ4v) is 0. The number of rotatable bonds is 0. The molecule has 0 aliphatic rings. The van der Waals surface area contributed by atoms with E-state index < -0.39 is 7.82 Å². The predicted octanol–water partition coefficient (Wildman–Crippen LogP) is 2.03. The Morgan fingerprint density at radius 1 is 0.611 bits per heavy atom. The summed E-state index contributed by atoms with van der Waals surface area (Å²) in [4.78, 5) is 25.6. The molecule has 0 N–H and O–H groups in total. The van der Waals surface area contributed by atoms with Crippen molar-refractivity contribution in [2.45, 2.75) is 62.3 Å². The number of phosphoric acid groups is 1. The molecule has 120 valence electrons. The summed E-state index contributed by atoms with van der Waals surface area (Å²) < 4.78 is 8.55. The summed E-state index contributed by atoms with van der Waals surface area (Å²) >= 11 is 0. The van der Waals surface area contributed by atoms with Crippen molar-refractivity contribution in [1.29, 1.82) is 0 Å². The monoisotopic (exact) mass is 372 g/mol. The van der Waals surface area contributed by atoms with E-state index in [4.69, 9.17) is 19.2 Å². The quantitative estimate of drug-likeness (QED) is 0.370. The minimum atomic E-state index is -5.39. The molecule has 0 aromatic carbocycles. The molecule has 0 aliphatic carbocycles. The molecule has 0 bridgehead atoms. The van der Waals surface area contributed by atoms with Gasteiger partial charge in [0, 0.05) is 20.4 Å². The van der Waals surface area contributed by atoms with Gasteiger partial charge in [-0.05, 0) is 0 Å². The smallest absolute Gasteiger partial charge is 0 e. The zero-order valence-corrected chi connectivity index (χ0v) is 15.3. The Bertz CT molecular complexity index is 137. The Labute approximate surface area is 127 Å². The fraction of sp³-hybridized carbons (Fsp3) is 0.750. The molecule has 0 fully saturated rings. The first-order chi connectivity index (χ1) is 7.20. The third kappa shape index (κ3) is 6990. The standard InChI is InChI=1S/3C4H9.H3O4P.Pd/c3*1-4(2)3;1-5(2,3)4;/h3*1-3H3;(H3,1,2,3,4);/q3*-1;;/p-3. The molecular formula is C12H27O4PPd-6. The van der Waals surface area contributed by atoms with Crippen molar-refractivity contribution in [3.8, 4) is 0 Å². The second-order valence-corrected chi connectivity index (χ2v) is 5.84. The van der Waals surface area contributed by atoms with Crippen LogP contribution in [0.2, 0.25) is 0 Å². The van der Waals surface area contributed by atoms with Gasteiger partial charge >= 0.3 is 0 Å². The Balaban J connectivity index is -0.0000000412. The van der Waals surface area contributed by atoms with Gasteiger partial charge in [-0.1, -0.05) is 0 Å². The van der Waals surface area contributed by atoms with Gasteiger partial charge in [0.1, 0.15) is 0 Å². The van der Waals surface area contributed by atoms with Crippen LogP contribution >= 0.6 is 7.82 Å². The van der Waals surface area contributed by atoms with Crippen LogP contribution in [0.25, 0.3) is 0 Å². The maximum atomic E-state index is 8.55. The molecule has 0 amide bonds. The summed E-state index contributed by atoms with van der Waals surface area (Å²) in [6, 6.07) is 0. The second kappa shape index (κ2) is 20.1. The summed E-state index contributed by atoms with van der Waals surface area (Å²) in [6.07, 6.45) is 0. The van der Waals surface area contributed by atoms with Gasteiger partial charge in [0.25, 0.3) is 0 Å². The van der Waals surface area contributed by atoms with E-state index in [1.165, 1.54) is 17.8 Å². The molecule has 0 saturated heterocycles. The normalized spacial score (nSPS) is 9.28. The van der Waals surface area contributed by atoms with Crippen molar-refractivity contribution in [3.05, 3.63) is 17.8 Å². The van der Waals surface area contributed by atoms with Gasteiger partial charge in [-0.25, -0.2) is 0 Å². The zero-order chi connectivity index (χ0) is 15.2. The average Bonchev–Trinajstić information content (AvgIpc) is 1.73. The molecule has 0 aromatic heterocycles. The molecule has 0 aromatic rings. The number of hydrogen-bond donors (Lipinski definition) is 0. The minimum Gasteiger partial charge on any atom is -0.822 e. The van der Waals surface area contributed by atoms with Crippen LogP contribution in [-0.4, -0.2) is 0 Å². The zero-order valence-electron chi connectivity index (χ0n) is 12.9. The largest absolute Gasteiger partial charge is 0.822 e. The Morgan fingerprint density at radius 3 is 0.611 bits per heavy atom. The van der Waals surface area contributed by atoms with Crippen molar-refractivity contribution in [1.82, 2.24) is 0 Å². The first-order valence-electron chi connectivity index (χ1n) is 5.23. The number of hydrogen-bond acceptors (Lipinski definition) is 4. The van der Waals surface area contributed by atoms with Crippen LogP contribution in [0.4, 0.5) is 0 Å². The summed E-state index contributed by atoms with van der Waals surface area (Å²) in [7, 11) is -5.39. The SMILES string of the molecule is C[C-](C)C.C[C-](C)C.C[C-](C)C.O=P([O-])([O-])[O-].[Pd]. The molecule has 18 heavy (non-hydrogen) atoms. The first-order valence-corrected chi connectivity index (χ1v) is 6.69. The van der Waals surface area contributed by atoms with Crippen LogP contribution in [-0.2, 0) is 25.0 Å². The van der Waals surface area contributed by atoms with E-state index in [2.05, 4.69) is 62.3 Å². The molecule has 0 atom stereocenters. The van der Waals surface area contributed by atoms with Crippen LogP contribution < -0.4 is 14.7 Å². The van der Waals surface area contributed by atoms with E-state index in [1.807, 2.05) is 0 Å². The van der Waals surface area contributed by atoms with E-state index >= 15 is 0 Å². The van der Waals surface area contributed by atoms with E-state index in [1.54, 1.807) is 0 Å². The molecule has 4 nitrogen and oxygen atoms in total. The van der Waals surface area contributed by atoms with Gasteiger partial charge in [0.2, 0.25) is 0 Å². The van der Waals surface area contributed by atoms with Crippen LogP contribution in [0.1, 0.15) is 62.3 Å². The summed E-state index contributed by atoms with van der Waals surface area (Å²) in [5.41, 5.74) is 0. The molecule has 0 unspecified atom stereocenters. The Kier molecular flexibility index (Phi) is 34.9. The molecule has 6 heteroatoms. The Hall–Kier alpha value is 0.772. The van der Waals surface area contributed by atoms with Gasteiger partial charge in [0.15, 0.2) is 0 Å². The van der Waals surface area contributed by atoms with Gasteiger partial charge in [-0.15, -0.1) is 0 Å². The average molecular weight is 373 g/mol. The van der Waals surface area contributed by atoms with Crippen molar-refractivity contribution in [2.24, 2.45) is 0 Å². The molecule has 0 aliphatic heterocycles. The molecule has 0 saturated carbocycles. The molecular weight excluding hydrogens is 346 g/mol. The topological polar surface area (TPSA) is 86.2 Å². The van der Waals surface area contributed by atoms with Gasteiger partial charge < -0.3 is 37.0 Å². The van der Waals surface area contributed by atoms with E-state index in [9.17, 15) is 0 Å². The van der Waals surface area contributed by atoms with E-state index in [0.29, 0.717) is 0 Å². The van der Waals surface area contributed by atoms with E-state index in [-0.39, 0.29) is 20.4 Å². The third-order valence-corrected chi connectivity index (χ3v) is 0. The van der Waals surface area contributed by atoms with Gasteiger partial charge in [-0.2, -0.15) is 70.1 Å². The van der Waals surface area contributed by atoms with Gasteiger partial charge in [-0.3, -0.25) is 0 Å². The molecule has 0 radical (unpaired) electrons. The fourth-order valence-electron chi connectivity index (χ4n) is 0. The minimum absolute atomic E-state index is 0. The maximum Gasteiger partial charge on any atom is 0 e. The Morgan fingerprint density at radius 2 is 0.611 bits per heavy atom. The van der Waals surface area contributed by atoms with Crippen molar-refractivity contribution in [2.75, 3.05) is 0 Å². The van der Waals surface area contributed by atoms with Crippen LogP contribution in [0.15, 0.2) is 0 Å². The predicted molar refractivity (Wildman–Crippen MR) is 68.4 cm³/mol. The summed E-state index contributed by atoms with van der Waals surface area (Å²) in [5, 5.41) is 0. The van der Waals surface area contributed by atoms with Gasteiger partial charge in [0.05, 0.1) is 0 Å². The third-order valence-electron chi connectivity index (χ3n) is 0. The maximum absolute atomic E-state index is 8.55. The van der Waals surface area contributed by atoms with E-state index in [0.717, 1.165) is 0 Å². The summed E-state index contributed by atoms with van der Waals surface area (Å²) in [6.45, 7) is 18.8. The van der Waals surface area contributed by atoms with Crippen molar-refractivity contribution >= 4 is 7.82 Å². The second-order valence-electron chi connectivity index (χ2n) is 4.95. The summed E-state index contributed by atoms with van der Waals surface area (Å²) in [5.74, 6) is 4.25. The van der Waals surface area contributed by atoms with Crippen LogP contribution in [0, 0.1) is 17.8 Å². The van der Waals surface area contributed by atoms with Crippen LogP contribution in [0.3, 0.4) is 0 Å². The first kappa shape index (κ1) is 31.3. The molecule has 0 heterocycles. The van der Waals surface area contributed by atoms with Crippen molar-refractivity contribution < 1.29 is 39.7 Å². The van der Waals surface area contributed by atoms with Crippen molar-refractivity contribution in [3.63, 3.8) is 0 Å². The van der Waals surface area contributed by atoms with Crippen LogP contribution in [0.5, 0.6) is 0 Å². The molecule has 0 spiro atoms.